The highest BCUT2D eigenvalue weighted by atomic mass is 16.4. The van der Waals surface area contributed by atoms with Gasteiger partial charge in [0, 0.05) is 6.42 Å². The number of hydrogen-bond donors (Lipinski definition) is 1. The highest BCUT2D eigenvalue weighted by Gasteiger charge is 2.08. The maximum Gasteiger partial charge on any atom is 0.303 e. The molecule has 2 heteroatoms. The number of carboxylic acids is 1. The molecule has 148 valence electrons. The minimum atomic E-state index is -0.687. The second kappa shape index (κ2) is 18.2. The molecule has 0 aliphatic heterocycles. The molecule has 0 amide bonds. The van der Waals surface area contributed by atoms with E-state index in [-0.39, 0.29) is 0 Å². The molecule has 0 heterocycles. The van der Waals surface area contributed by atoms with E-state index in [1.807, 2.05) is 0 Å². The van der Waals surface area contributed by atoms with E-state index in [0.29, 0.717) is 6.42 Å². The van der Waals surface area contributed by atoms with Crippen molar-refractivity contribution in [3.8, 4) is 0 Å². The van der Waals surface area contributed by atoms with Crippen LogP contribution in [0.15, 0.2) is 48.6 Å². The first kappa shape index (κ1) is 24.4. The highest BCUT2D eigenvalue weighted by molar-refractivity contribution is 5.66. The highest BCUT2D eigenvalue weighted by Crippen LogP contribution is 2.19. The molecule has 0 aromatic carbocycles. The maximum atomic E-state index is 10.4. The van der Waals surface area contributed by atoms with E-state index >= 15 is 0 Å². The summed E-state index contributed by atoms with van der Waals surface area (Å²) in [6.07, 6.45) is 27.7. The zero-order valence-corrected chi connectivity index (χ0v) is 17.2. The van der Waals surface area contributed by atoms with Gasteiger partial charge in [0.2, 0.25) is 0 Å². The summed E-state index contributed by atoms with van der Waals surface area (Å²) in [6.45, 7) is 6.87. The fourth-order valence-corrected chi connectivity index (χ4v) is 2.63. The van der Waals surface area contributed by atoms with Crippen molar-refractivity contribution in [2.45, 2.75) is 85.0 Å². The van der Waals surface area contributed by atoms with E-state index < -0.39 is 5.97 Å². The third-order valence-corrected chi connectivity index (χ3v) is 4.70. The molecule has 0 aromatic rings. The third kappa shape index (κ3) is 17.3. The first-order valence-electron chi connectivity index (χ1n) is 10.4. The van der Waals surface area contributed by atoms with Gasteiger partial charge in [0.05, 0.1) is 0 Å². The summed E-state index contributed by atoms with van der Waals surface area (Å²) in [5.41, 5.74) is 0. The Morgan fingerprint density at radius 1 is 0.769 bits per heavy atom. The van der Waals surface area contributed by atoms with Gasteiger partial charge in [0.15, 0.2) is 0 Å². The fraction of sp³-hybridized carbons (Fsp3) is 0.625. The summed E-state index contributed by atoms with van der Waals surface area (Å²) in [6, 6.07) is 0. The number of allylic oxidation sites excluding steroid dienone is 8. The lowest BCUT2D eigenvalue weighted by atomic mass is 9.90. The van der Waals surface area contributed by atoms with Crippen molar-refractivity contribution in [1.29, 1.82) is 0 Å². The van der Waals surface area contributed by atoms with Gasteiger partial charge in [0.1, 0.15) is 0 Å². The number of rotatable bonds is 16. The van der Waals surface area contributed by atoms with E-state index in [4.69, 9.17) is 5.11 Å². The minimum absolute atomic E-state index is 0.299. The largest absolute Gasteiger partial charge is 0.481 e. The Bertz CT molecular complexity index is 443. The molecule has 1 N–H and O–H groups in total. The SMILES string of the molecule is CC/C=C\CC(C)C(C)C/C=C\C/C=C\C/C=C\CCCCCC(=O)O. The first-order valence-corrected chi connectivity index (χ1v) is 10.4. The summed E-state index contributed by atoms with van der Waals surface area (Å²) in [7, 11) is 0. The zero-order valence-electron chi connectivity index (χ0n) is 17.2. The molecule has 0 aliphatic rings. The number of carboxylic acid groups (broad SMARTS) is 1. The quantitative estimate of drug-likeness (QED) is 0.229. The molecule has 0 fully saturated rings. The average molecular weight is 361 g/mol. The lowest BCUT2D eigenvalue weighted by molar-refractivity contribution is -0.137. The van der Waals surface area contributed by atoms with Crippen molar-refractivity contribution < 1.29 is 9.90 Å². The van der Waals surface area contributed by atoms with Gasteiger partial charge in [-0.2, -0.15) is 0 Å². The number of carbonyl (C=O) groups is 1. The molecule has 26 heavy (non-hydrogen) atoms. The summed E-state index contributed by atoms with van der Waals surface area (Å²) in [5, 5.41) is 8.55. The summed E-state index contributed by atoms with van der Waals surface area (Å²) in [5.74, 6) is 0.787. The summed E-state index contributed by atoms with van der Waals surface area (Å²) in [4.78, 5) is 10.4. The van der Waals surface area contributed by atoms with Gasteiger partial charge >= 0.3 is 5.97 Å². The van der Waals surface area contributed by atoms with Gasteiger partial charge in [-0.25, -0.2) is 0 Å². The van der Waals surface area contributed by atoms with Crippen LogP contribution >= 0.6 is 0 Å². The van der Waals surface area contributed by atoms with Gasteiger partial charge in [-0.15, -0.1) is 0 Å². The van der Waals surface area contributed by atoms with E-state index in [2.05, 4.69) is 69.4 Å². The van der Waals surface area contributed by atoms with Crippen molar-refractivity contribution in [1.82, 2.24) is 0 Å². The summed E-state index contributed by atoms with van der Waals surface area (Å²) < 4.78 is 0. The van der Waals surface area contributed by atoms with Crippen LogP contribution in [0.25, 0.3) is 0 Å². The molecule has 0 aliphatic carbocycles. The van der Waals surface area contributed by atoms with Crippen LogP contribution in [-0.4, -0.2) is 11.1 Å². The van der Waals surface area contributed by atoms with E-state index in [1.165, 1.54) is 6.42 Å². The molecular weight excluding hydrogens is 320 g/mol. The van der Waals surface area contributed by atoms with Crippen LogP contribution in [0.3, 0.4) is 0 Å². The van der Waals surface area contributed by atoms with E-state index in [1.54, 1.807) is 0 Å². The molecular formula is C24H40O2. The molecule has 0 spiro atoms. The van der Waals surface area contributed by atoms with Crippen molar-refractivity contribution in [2.75, 3.05) is 0 Å². The molecule has 2 nitrogen and oxygen atoms in total. The Morgan fingerprint density at radius 2 is 1.31 bits per heavy atom. The second-order valence-electron chi connectivity index (χ2n) is 7.18. The normalized spacial score (nSPS) is 14.9. The molecule has 2 atom stereocenters. The average Bonchev–Trinajstić information content (AvgIpc) is 2.61. The van der Waals surface area contributed by atoms with Gasteiger partial charge in [0.25, 0.3) is 0 Å². The number of hydrogen-bond acceptors (Lipinski definition) is 1. The zero-order chi connectivity index (χ0) is 19.5. The Hall–Kier alpha value is -1.57. The van der Waals surface area contributed by atoms with E-state index in [9.17, 15) is 4.79 Å². The van der Waals surface area contributed by atoms with Gasteiger partial charge in [-0.3, -0.25) is 4.79 Å². The van der Waals surface area contributed by atoms with E-state index in [0.717, 1.165) is 63.2 Å². The molecule has 0 saturated heterocycles. The lowest BCUT2D eigenvalue weighted by Gasteiger charge is -2.16. The van der Waals surface area contributed by atoms with Crippen molar-refractivity contribution in [2.24, 2.45) is 11.8 Å². The smallest absolute Gasteiger partial charge is 0.303 e. The van der Waals surface area contributed by atoms with Crippen LogP contribution in [-0.2, 0) is 4.79 Å². The molecule has 0 bridgehead atoms. The van der Waals surface area contributed by atoms with Crippen LogP contribution in [0.1, 0.15) is 85.0 Å². The second-order valence-corrected chi connectivity index (χ2v) is 7.18. The molecule has 2 unspecified atom stereocenters. The molecule has 0 aromatic heterocycles. The van der Waals surface area contributed by atoms with Crippen LogP contribution in [0.4, 0.5) is 0 Å². The van der Waals surface area contributed by atoms with Crippen LogP contribution < -0.4 is 0 Å². The van der Waals surface area contributed by atoms with Crippen LogP contribution in [0, 0.1) is 11.8 Å². The molecule has 0 saturated carbocycles. The van der Waals surface area contributed by atoms with Crippen molar-refractivity contribution in [3.05, 3.63) is 48.6 Å². The lowest BCUT2D eigenvalue weighted by Crippen LogP contribution is -2.05. The van der Waals surface area contributed by atoms with Gasteiger partial charge < -0.3 is 5.11 Å². The standard InChI is InChI=1S/C24H40O2/c1-4-5-16-19-22(2)23(3)20-17-14-12-10-8-6-7-9-11-13-15-18-21-24(25)26/h5,7-10,14,16-17,22-23H,4,6,11-13,15,18-21H2,1-3H3,(H,25,26)/b9-7-,10-8-,16-5-,17-14-. The maximum absolute atomic E-state index is 10.4. The monoisotopic (exact) mass is 360 g/mol. The Morgan fingerprint density at radius 3 is 1.88 bits per heavy atom. The topological polar surface area (TPSA) is 37.3 Å². The van der Waals surface area contributed by atoms with Crippen LogP contribution in [0.5, 0.6) is 0 Å². The number of aliphatic carboxylic acids is 1. The Labute approximate surface area is 161 Å². The first-order chi connectivity index (χ1) is 12.6. The van der Waals surface area contributed by atoms with Crippen molar-refractivity contribution >= 4 is 5.97 Å². The van der Waals surface area contributed by atoms with Gasteiger partial charge in [-0.1, -0.05) is 75.8 Å². The summed E-state index contributed by atoms with van der Waals surface area (Å²) >= 11 is 0. The molecule has 0 radical (unpaired) electrons. The Balaban J connectivity index is 3.61. The van der Waals surface area contributed by atoms with Gasteiger partial charge in [-0.05, 0) is 63.2 Å². The fourth-order valence-electron chi connectivity index (χ4n) is 2.63. The molecule has 0 rings (SSSR count). The van der Waals surface area contributed by atoms with Crippen LogP contribution in [0.2, 0.25) is 0 Å². The van der Waals surface area contributed by atoms with Crippen molar-refractivity contribution in [3.63, 3.8) is 0 Å². The minimum Gasteiger partial charge on any atom is -0.481 e. The predicted octanol–water partition coefficient (Wildman–Crippen LogP) is 7.49. The third-order valence-electron chi connectivity index (χ3n) is 4.70. The predicted molar refractivity (Wildman–Crippen MR) is 114 cm³/mol. The Kier molecular flexibility index (Phi) is 17.1. The number of unbranched alkanes of at least 4 members (excludes halogenated alkanes) is 3.